The number of fused-ring (bicyclic) bond motifs is 1. The molecular formula is C20H14N2O3. The molecule has 122 valence electrons. The maximum absolute atomic E-state index is 13.1. The lowest BCUT2D eigenvalue weighted by molar-refractivity contribution is 0.404. The number of phenolic OH excluding ortho intramolecular Hbond substituents is 2. The van der Waals surface area contributed by atoms with Crippen LogP contribution in [0.3, 0.4) is 0 Å². The van der Waals surface area contributed by atoms with Gasteiger partial charge in [0.2, 0.25) is 0 Å². The van der Waals surface area contributed by atoms with Crippen LogP contribution in [0.1, 0.15) is 0 Å². The van der Waals surface area contributed by atoms with Crippen molar-refractivity contribution in [1.29, 1.82) is 0 Å². The lowest BCUT2D eigenvalue weighted by Crippen LogP contribution is -2.18. The number of phenols is 2. The van der Waals surface area contributed by atoms with Gasteiger partial charge in [0.25, 0.3) is 5.56 Å². The van der Waals surface area contributed by atoms with Crippen molar-refractivity contribution in [3.63, 3.8) is 0 Å². The monoisotopic (exact) mass is 330 g/mol. The Bertz CT molecular complexity index is 1130. The largest absolute Gasteiger partial charge is 0.504 e. The smallest absolute Gasteiger partial charge is 0.266 e. The summed E-state index contributed by atoms with van der Waals surface area (Å²) in [5.41, 5.74) is 2.48. The van der Waals surface area contributed by atoms with Gasteiger partial charge < -0.3 is 10.2 Å². The van der Waals surface area contributed by atoms with Gasteiger partial charge in [-0.25, -0.2) is 4.98 Å². The molecule has 0 bridgehead atoms. The van der Waals surface area contributed by atoms with E-state index in [1.165, 1.54) is 16.5 Å². The van der Waals surface area contributed by atoms with Crippen molar-refractivity contribution in [3.05, 3.63) is 83.3 Å². The summed E-state index contributed by atoms with van der Waals surface area (Å²) in [6.45, 7) is 0. The highest BCUT2D eigenvalue weighted by atomic mass is 16.3. The molecule has 2 N–H and O–H groups in total. The molecule has 2 heterocycles. The Hall–Kier alpha value is -3.60. The third-order valence-corrected chi connectivity index (χ3v) is 4.05. The Morgan fingerprint density at radius 1 is 0.800 bits per heavy atom. The van der Waals surface area contributed by atoms with E-state index in [2.05, 4.69) is 4.98 Å². The van der Waals surface area contributed by atoms with Crippen LogP contribution in [0.5, 0.6) is 11.5 Å². The van der Waals surface area contributed by atoms with Gasteiger partial charge >= 0.3 is 0 Å². The third kappa shape index (κ3) is 2.52. The molecule has 0 aliphatic heterocycles. The van der Waals surface area contributed by atoms with Crippen LogP contribution in [0.2, 0.25) is 0 Å². The normalized spacial score (nSPS) is 10.9. The van der Waals surface area contributed by atoms with Gasteiger partial charge in [0.05, 0.1) is 11.3 Å². The maximum Gasteiger partial charge on any atom is 0.266 e. The molecule has 0 fully saturated rings. The van der Waals surface area contributed by atoms with Gasteiger partial charge in [0.1, 0.15) is 5.65 Å². The van der Waals surface area contributed by atoms with Crippen LogP contribution in [0.15, 0.2) is 77.7 Å². The van der Waals surface area contributed by atoms with Gasteiger partial charge in [-0.15, -0.1) is 0 Å². The second-order valence-electron chi connectivity index (χ2n) is 5.64. The van der Waals surface area contributed by atoms with E-state index < -0.39 is 0 Å². The minimum absolute atomic E-state index is 0.237. The fraction of sp³-hybridized carbons (Fsp3) is 0. The number of rotatable bonds is 2. The number of pyridine rings is 1. The van der Waals surface area contributed by atoms with Crippen LogP contribution < -0.4 is 5.56 Å². The molecule has 2 aromatic heterocycles. The lowest BCUT2D eigenvalue weighted by Gasteiger charge is -2.12. The minimum Gasteiger partial charge on any atom is -0.504 e. The Kier molecular flexibility index (Phi) is 3.47. The van der Waals surface area contributed by atoms with E-state index in [1.807, 2.05) is 36.4 Å². The van der Waals surface area contributed by atoms with Gasteiger partial charge in [-0.1, -0.05) is 42.5 Å². The summed E-state index contributed by atoms with van der Waals surface area (Å²) in [4.78, 5) is 17.8. The van der Waals surface area contributed by atoms with E-state index in [4.69, 9.17) is 0 Å². The third-order valence-electron chi connectivity index (χ3n) is 4.05. The molecule has 2 aromatic carbocycles. The summed E-state index contributed by atoms with van der Waals surface area (Å²) in [6, 6.07) is 19.1. The molecule has 0 atom stereocenters. The molecule has 0 aliphatic carbocycles. The molecular weight excluding hydrogens is 316 g/mol. The predicted molar refractivity (Wildman–Crippen MR) is 95.7 cm³/mol. The Labute approximate surface area is 143 Å². The predicted octanol–water partition coefficient (Wildman–Crippen LogP) is 3.44. The van der Waals surface area contributed by atoms with E-state index in [9.17, 15) is 15.0 Å². The molecule has 4 rings (SSSR count). The van der Waals surface area contributed by atoms with E-state index >= 15 is 0 Å². The van der Waals surface area contributed by atoms with Crippen molar-refractivity contribution in [2.45, 2.75) is 0 Å². The van der Waals surface area contributed by atoms with Crippen LogP contribution in [-0.2, 0) is 0 Å². The number of hydrogen-bond donors (Lipinski definition) is 2. The zero-order valence-corrected chi connectivity index (χ0v) is 13.1. The Morgan fingerprint density at radius 2 is 1.56 bits per heavy atom. The first-order valence-electron chi connectivity index (χ1n) is 7.74. The SMILES string of the molecule is O=c1c(-c2ccc(O)c(O)c2)c(-c2ccccc2)nc2ccccn12. The van der Waals surface area contributed by atoms with Crippen molar-refractivity contribution in [3.8, 4) is 33.9 Å². The molecule has 0 amide bonds. The number of benzene rings is 2. The van der Waals surface area contributed by atoms with E-state index in [0.717, 1.165) is 5.56 Å². The molecule has 25 heavy (non-hydrogen) atoms. The van der Waals surface area contributed by atoms with E-state index in [-0.39, 0.29) is 17.1 Å². The minimum atomic E-state index is -0.283. The molecule has 5 nitrogen and oxygen atoms in total. The molecule has 0 saturated heterocycles. The molecule has 4 aromatic rings. The second kappa shape index (κ2) is 5.79. The van der Waals surface area contributed by atoms with Crippen LogP contribution in [0, 0.1) is 0 Å². The fourth-order valence-corrected chi connectivity index (χ4v) is 2.83. The van der Waals surface area contributed by atoms with Gasteiger partial charge in [0, 0.05) is 11.8 Å². The van der Waals surface area contributed by atoms with Crippen molar-refractivity contribution in [1.82, 2.24) is 9.38 Å². The highest BCUT2D eigenvalue weighted by Crippen LogP contribution is 2.33. The highest BCUT2D eigenvalue weighted by molar-refractivity contribution is 5.82. The molecule has 0 radical (unpaired) electrons. The van der Waals surface area contributed by atoms with Crippen LogP contribution in [0.4, 0.5) is 0 Å². The average molecular weight is 330 g/mol. The topological polar surface area (TPSA) is 74.8 Å². The zero-order valence-electron chi connectivity index (χ0n) is 13.1. The van der Waals surface area contributed by atoms with Crippen molar-refractivity contribution in [2.24, 2.45) is 0 Å². The Morgan fingerprint density at radius 3 is 2.32 bits per heavy atom. The highest BCUT2D eigenvalue weighted by Gasteiger charge is 2.17. The van der Waals surface area contributed by atoms with Crippen molar-refractivity contribution < 1.29 is 10.2 Å². The fourth-order valence-electron chi connectivity index (χ4n) is 2.83. The summed E-state index contributed by atoms with van der Waals surface area (Å²) in [5, 5.41) is 19.4. The van der Waals surface area contributed by atoms with Crippen LogP contribution in [-0.4, -0.2) is 19.6 Å². The molecule has 0 aliphatic rings. The number of aromatic hydroxyl groups is 2. The first-order chi connectivity index (χ1) is 12.1. The number of aromatic nitrogens is 2. The first kappa shape index (κ1) is 15.0. The molecule has 0 unspecified atom stereocenters. The second-order valence-corrected chi connectivity index (χ2v) is 5.64. The van der Waals surface area contributed by atoms with Crippen molar-refractivity contribution >= 4 is 5.65 Å². The van der Waals surface area contributed by atoms with Gasteiger partial charge in [0.15, 0.2) is 11.5 Å². The summed E-state index contributed by atoms with van der Waals surface area (Å²) < 4.78 is 1.46. The summed E-state index contributed by atoms with van der Waals surface area (Å²) in [7, 11) is 0. The summed E-state index contributed by atoms with van der Waals surface area (Å²) >= 11 is 0. The lowest BCUT2D eigenvalue weighted by atomic mass is 10.00. The average Bonchev–Trinajstić information content (AvgIpc) is 2.65. The first-order valence-corrected chi connectivity index (χ1v) is 7.74. The Balaban J connectivity index is 2.12. The quantitative estimate of drug-likeness (QED) is 0.552. The summed E-state index contributed by atoms with van der Waals surface area (Å²) in [6.07, 6.45) is 1.66. The number of nitrogens with zero attached hydrogens (tertiary/aromatic N) is 2. The molecule has 0 spiro atoms. The van der Waals surface area contributed by atoms with Crippen LogP contribution in [0.25, 0.3) is 28.0 Å². The maximum atomic E-state index is 13.1. The molecule has 5 heteroatoms. The standard InChI is InChI=1S/C20H14N2O3/c23-15-10-9-14(12-16(15)24)18-19(13-6-2-1-3-7-13)21-17-8-4-5-11-22(17)20(18)25/h1-12,23-24H. The van der Waals surface area contributed by atoms with Gasteiger partial charge in [-0.05, 0) is 29.8 Å². The summed E-state index contributed by atoms with van der Waals surface area (Å²) in [5.74, 6) is -0.520. The van der Waals surface area contributed by atoms with Crippen LogP contribution >= 0.6 is 0 Å². The molecule has 0 saturated carbocycles. The van der Waals surface area contributed by atoms with Gasteiger partial charge in [-0.3, -0.25) is 9.20 Å². The van der Waals surface area contributed by atoms with Gasteiger partial charge in [-0.2, -0.15) is 0 Å². The zero-order chi connectivity index (χ0) is 17.4. The van der Waals surface area contributed by atoms with E-state index in [0.29, 0.717) is 22.5 Å². The van der Waals surface area contributed by atoms with Crippen molar-refractivity contribution in [2.75, 3.05) is 0 Å². The number of hydrogen-bond acceptors (Lipinski definition) is 4. The van der Waals surface area contributed by atoms with E-state index in [1.54, 1.807) is 24.4 Å².